The van der Waals surface area contributed by atoms with Crippen LogP contribution in [0.3, 0.4) is 0 Å². The fraction of sp³-hybridized carbons (Fsp3) is 0.474. The summed E-state index contributed by atoms with van der Waals surface area (Å²) in [5.74, 6) is -0.345. The summed E-state index contributed by atoms with van der Waals surface area (Å²) < 4.78 is 28.0. The van der Waals surface area contributed by atoms with E-state index in [1.807, 2.05) is 12.3 Å². The molecule has 154 valence electrons. The fourth-order valence-electron chi connectivity index (χ4n) is 3.13. The number of aliphatic imine (C=N–C) groups is 1. The van der Waals surface area contributed by atoms with Crippen LogP contribution in [-0.4, -0.2) is 36.6 Å². The molecule has 2 heterocycles. The third-order valence-electron chi connectivity index (χ3n) is 4.43. The van der Waals surface area contributed by atoms with E-state index in [9.17, 15) is 8.78 Å². The van der Waals surface area contributed by atoms with Gasteiger partial charge in [-0.05, 0) is 31.9 Å². The average Bonchev–Trinajstić information content (AvgIpc) is 3.29. The number of halogens is 3. The molecule has 1 unspecified atom stereocenters. The van der Waals surface area contributed by atoms with Crippen molar-refractivity contribution in [1.29, 1.82) is 0 Å². The Bertz CT molecular complexity index is 778. The lowest BCUT2D eigenvalue weighted by atomic mass is 10.2. The highest BCUT2D eigenvalue weighted by molar-refractivity contribution is 14.0. The Morgan fingerprint density at radius 1 is 1.32 bits per heavy atom. The topological polar surface area (TPSA) is 52.6 Å². The number of hydrogen-bond donors (Lipinski definition) is 2. The molecule has 1 aliphatic heterocycles. The van der Waals surface area contributed by atoms with Crippen LogP contribution in [0.2, 0.25) is 0 Å². The highest BCUT2D eigenvalue weighted by Gasteiger charge is 2.27. The van der Waals surface area contributed by atoms with Crippen molar-refractivity contribution in [3.05, 3.63) is 45.9 Å². The van der Waals surface area contributed by atoms with Gasteiger partial charge in [0.25, 0.3) is 0 Å². The van der Waals surface area contributed by atoms with Crippen LogP contribution in [0.5, 0.6) is 0 Å². The molecule has 0 saturated carbocycles. The number of rotatable bonds is 6. The van der Waals surface area contributed by atoms with Gasteiger partial charge in [0.15, 0.2) is 5.96 Å². The first kappa shape index (κ1) is 22.8. The number of para-hydroxylation sites is 1. The Balaban J connectivity index is 0.00000280. The molecule has 0 bridgehead atoms. The van der Waals surface area contributed by atoms with Crippen LogP contribution in [0.4, 0.5) is 14.5 Å². The van der Waals surface area contributed by atoms with Gasteiger partial charge in [-0.15, -0.1) is 35.3 Å². The number of guanidine groups is 1. The first-order valence-electron chi connectivity index (χ1n) is 9.27. The summed E-state index contributed by atoms with van der Waals surface area (Å²) in [7, 11) is 0. The van der Waals surface area contributed by atoms with Crippen LogP contribution in [0, 0.1) is 11.6 Å². The molecule has 0 spiro atoms. The van der Waals surface area contributed by atoms with Gasteiger partial charge in [-0.3, -0.25) is 0 Å². The Morgan fingerprint density at radius 2 is 2.07 bits per heavy atom. The Hall–Kier alpha value is -1.49. The summed E-state index contributed by atoms with van der Waals surface area (Å²) in [6.45, 7) is 6.46. The summed E-state index contributed by atoms with van der Waals surface area (Å²) >= 11 is 1.65. The molecule has 0 aliphatic carbocycles. The first-order chi connectivity index (χ1) is 13.1. The standard InChI is InChI=1S/C19H25F2N5S.HI/c1-3-17-24-14(12-27-17)10-23-19(22-4-2)25-13-8-9-26(11-13)18-15(20)6-5-7-16(18)21;/h5-7,12-13H,3-4,8-11H2,1-2H3,(H2,22,23,25);1H. The Kier molecular flexibility index (Phi) is 8.87. The molecular weight excluding hydrogens is 495 g/mol. The van der Waals surface area contributed by atoms with Crippen LogP contribution >= 0.6 is 35.3 Å². The highest BCUT2D eigenvalue weighted by atomic mass is 127. The number of benzene rings is 1. The fourth-order valence-corrected chi connectivity index (χ4v) is 3.87. The van der Waals surface area contributed by atoms with Gasteiger partial charge in [-0.1, -0.05) is 13.0 Å². The maximum Gasteiger partial charge on any atom is 0.191 e. The molecule has 9 heteroatoms. The molecule has 28 heavy (non-hydrogen) atoms. The summed E-state index contributed by atoms with van der Waals surface area (Å²) in [6, 6.07) is 4.05. The first-order valence-corrected chi connectivity index (χ1v) is 10.2. The monoisotopic (exact) mass is 521 g/mol. The molecule has 2 N–H and O–H groups in total. The lowest BCUT2D eigenvalue weighted by Crippen LogP contribution is -2.44. The zero-order valence-corrected chi connectivity index (χ0v) is 19.2. The van der Waals surface area contributed by atoms with E-state index in [1.54, 1.807) is 16.2 Å². The second kappa shape index (κ2) is 10.9. The zero-order chi connectivity index (χ0) is 19.2. The number of aromatic nitrogens is 1. The second-order valence-electron chi connectivity index (χ2n) is 6.43. The smallest absolute Gasteiger partial charge is 0.191 e. The van der Waals surface area contributed by atoms with Crippen molar-refractivity contribution in [2.75, 3.05) is 24.5 Å². The molecular formula is C19H26F2IN5S. The molecule has 1 atom stereocenters. The largest absolute Gasteiger partial charge is 0.365 e. The number of nitrogens with zero attached hydrogens (tertiary/aromatic N) is 3. The summed E-state index contributed by atoms with van der Waals surface area (Å²) in [5, 5.41) is 9.74. The van der Waals surface area contributed by atoms with E-state index < -0.39 is 11.6 Å². The average molecular weight is 521 g/mol. The number of nitrogens with one attached hydrogen (secondary N) is 2. The maximum atomic E-state index is 14.0. The van der Waals surface area contributed by atoms with E-state index in [0.29, 0.717) is 25.6 Å². The molecule has 5 nitrogen and oxygen atoms in total. The van der Waals surface area contributed by atoms with Crippen molar-refractivity contribution in [3.63, 3.8) is 0 Å². The van der Waals surface area contributed by atoms with Gasteiger partial charge in [0.2, 0.25) is 0 Å². The van der Waals surface area contributed by atoms with Crippen LogP contribution in [-0.2, 0) is 13.0 Å². The van der Waals surface area contributed by atoms with E-state index in [1.165, 1.54) is 18.2 Å². The van der Waals surface area contributed by atoms with Gasteiger partial charge in [0, 0.05) is 31.1 Å². The minimum Gasteiger partial charge on any atom is -0.365 e. The molecule has 1 aliphatic rings. The molecule has 1 aromatic heterocycles. The van der Waals surface area contributed by atoms with Crippen LogP contribution in [0.1, 0.15) is 31.0 Å². The van der Waals surface area contributed by atoms with Crippen LogP contribution in [0.15, 0.2) is 28.6 Å². The van der Waals surface area contributed by atoms with E-state index in [-0.39, 0.29) is 35.7 Å². The third kappa shape index (κ3) is 5.76. The second-order valence-corrected chi connectivity index (χ2v) is 7.37. The zero-order valence-electron chi connectivity index (χ0n) is 16.0. The van der Waals surface area contributed by atoms with Crippen molar-refractivity contribution in [1.82, 2.24) is 15.6 Å². The van der Waals surface area contributed by atoms with E-state index in [0.717, 1.165) is 30.1 Å². The quantitative estimate of drug-likeness (QED) is 0.344. The molecule has 3 rings (SSSR count). The van der Waals surface area contributed by atoms with E-state index in [4.69, 9.17) is 0 Å². The predicted octanol–water partition coefficient (Wildman–Crippen LogP) is 3.94. The third-order valence-corrected chi connectivity index (χ3v) is 5.47. The highest BCUT2D eigenvalue weighted by Crippen LogP contribution is 2.26. The number of anilines is 1. The van der Waals surface area contributed by atoms with E-state index in [2.05, 4.69) is 27.5 Å². The number of hydrogen-bond acceptors (Lipinski definition) is 4. The maximum absolute atomic E-state index is 14.0. The lowest BCUT2D eigenvalue weighted by Gasteiger charge is -2.21. The van der Waals surface area contributed by atoms with Crippen molar-refractivity contribution < 1.29 is 8.78 Å². The van der Waals surface area contributed by atoms with Crippen molar-refractivity contribution in [3.8, 4) is 0 Å². The molecule has 0 amide bonds. The minimum absolute atomic E-state index is 0. The van der Waals surface area contributed by atoms with Gasteiger partial charge in [-0.25, -0.2) is 18.8 Å². The molecule has 1 saturated heterocycles. The minimum atomic E-state index is -0.522. The van der Waals surface area contributed by atoms with Crippen LogP contribution < -0.4 is 15.5 Å². The van der Waals surface area contributed by atoms with Gasteiger partial charge in [0.05, 0.1) is 17.2 Å². The van der Waals surface area contributed by atoms with Gasteiger partial charge >= 0.3 is 0 Å². The predicted molar refractivity (Wildman–Crippen MR) is 122 cm³/mol. The number of thiazole rings is 1. The Labute approximate surface area is 185 Å². The SMILES string of the molecule is CCNC(=NCc1csc(CC)n1)NC1CCN(c2c(F)cccc2F)C1.I. The number of aryl methyl sites for hydroxylation is 1. The molecule has 1 fully saturated rings. The van der Waals surface area contributed by atoms with Gasteiger partial charge < -0.3 is 15.5 Å². The Morgan fingerprint density at radius 3 is 2.71 bits per heavy atom. The van der Waals surface area contributed by atoms with Crippen molar-refractivity contribution >= 4 is 47.0 Å². The lowest BCUT2D eigenvalue weighted by molar-refractivity contribution is 0.576. The molecule has 1 aromatic carbocycles. The van der Waals surface area contributed by atoms with Gasteiger partial charge in [0.1, 0.15) is 17.3 Å². The summed E-state index contributed by atoms with van der Waals surface area (Å²) in [6.07, 6.45) is 1.71. The van der Waals surface area contributed by atoms with Crippen molar-refractivity contribution in [2.45, 2.75) is 39.3 Å². The summed E-state index contributed by atoms with van der Waals surface area (Å²) in [4.78, 5) is 10.9. The molecule has 0 radical (unpaired) electrons. The van der Waals surface area contributed by atoms with Crippen molar-refractivity contribution in [2.24, 2.45) is 4.99 Å². The summed E-state index contributed by atoms with van der Waals surface area (Å²) in [5.41, 5.74) is 1.01. The molecule has 2 aromatic rings. The van der Waals surface area contributed by atoms with Gasteiger partial charge in [-0.2, -0.15) is 0 Å². The van der Waals surface area contributed by atoms with E-state index >= 15 is 0 Å². The van der Waals surface area contributed by atoms with Crippen LogP contribution in [0.25, 0.3) is 0 Å². The normalized spacial score (nSPS) is 16.8.